The van der Waals surface area contributed by atoms with Crippen LogP contribution in [0.4, 0.5) is 10.3 Å². The van der Waals surface area contributed by atoms with Crippen LogP contribution < -0.4 is 15.4 Å². The van der Waals surface area contributed by atoms with Gasteiger partial charge in [-0.2, -0.15) is 0 Å². The number of hydrogen-bond donors (Lipinski definition) is 3. The summed E-state index contributed by atoms with van der Waals surface area (Å²) in [5.41, 5.74) is 0. The van der Waals surface area contributed by atoms with E-state index in [0.717, 1.165) is 37.0 Å². The van der Waals surface area contributed by atoms with Crippen molar-refractivity contribution in [2.75, 3.05) is 22.8 Å². The number of rotatable bonds is 4. The lowest BCUT2D eigenvalue weighted by Crippen LogP contribution is -2.40. The third kappa shape index (κ3) is 4.39. The van der Waals surface area contributed by atoms with E-state index in [1.807, 2.05) is 6.92 Å². The molecule has 112 valence electrons. The highest BCUT2D eigenvalue weighted by molar-refractivity contribution is 7.92. The van der Waals surface area contributed by atoms with E-state index in [0.29, 0.717) is 11.2 Å². The molecule has 0 spiro atoms. The minimum Gasteiger partial charge on any atom is -0.314 e. The summed E-state index contributed by atoms with van der Waals surface area (Å²) in [6.07, 6.45) is 2.59. The highest BCUT2D eigenvalue weighted by Crippen LogP contribution is 2.23. The lowest BCUT2D eigenvalue weighted by molar-refractivity contribution is -0.120. The maximum absolute atomic E-state index is 12.1. The van der Waals surface area contributed by atoms with Gasteiger partial charge in [0.05, 0.1) is 6.26 Å². The second-order valence-corrected chi connectivity index (χ2v) is 7.58. The van der Waals surface area contributed by atoms with Crippen molar-refractivity contribution >= 4 is 37.5 Å². The molecule has 10 heteroatoms. The molecule has 1 aliphatic heterocycles. The molecule has 1 aliphatic rings. The van der Waals surface area contributed by atoms with Crippen LogP contribution in [0.2, 0.25) is 0 Å². The first kappa shape index (κ1) is 15.1. The van der Waals surface area contributed by atoms with Gasteiger partial charge >= 0.3 is 0 Å². The van der Waals surface area contributed by atoms with E-state index < -0.39 is 10.0 Å². The average molecular weight is 319 g/mol. The van der Waals surface area contributed by atoms with Crippen molar-refractivity contribution in [2.24, 2.45) is 5.92 Å². The lowest BCUT2D eigenvalue weighted by atomic mass is 9.93. The van der Waals surface area contributed by atoms with E-state index >= 15 is 0 Å². The molecule has 1 aromatic rings. The Morgan fingerprint density at radius 3 is 2.75 bits per heavy atom. The Kier molecular flexibility index (Phi) is 4.55. The summed E-state index contributed by atoms with van der Waals surface area (Å²) < 4.78 is 24.3. The molecular formula is C10H17N5O3S2. The van der Waals surface area contributed by atoms with Gasteiger partial charge in [-0.05, 0) is 26.3 Å². The summed E-state index contributed by atoms with van der Waals surface area (Å²) in [6, 6.07) is 0.316. The fourth-order valence-corrected chi connectivity index (χ4v) is 3.53. The van der Waals surface area contributed by atoms with Gasteiger partial charge in [0, 0.05) is 12.0 Å². The maximum Gasteiger partial charge on any atom is 0.231 e. The van der Waals surface area contributed by atoms with Crippen molar-refractivity contribution in [1.29, 1.82) is 0 Å². The van der Waals surface area contributed by atoms with E-state index in [2.05, 4.69) is 25.6 Å². The first-order valence-corrected chi connectivity index (χ1v) is 8.90. The predicted molar refractivity (Wildman–Crippen MR) is 77.2 cm³/mol. The van der Waals surface area contributed by atoms with Gasteiger partial charge < -0.3 is 10.6 Å². The standard InChI is InChI=1S/C10H17N5O3S2/c1-6-5-7(3-4-11-6)8(16)12-9-13-14-10(19-9)15-20(2,17)18/h6-7,11H,3-5H2,1-2H3,(H,14,15)(H,12,13,16)/t6-,7-/m0/s1. The van der Waals surface area contributed by atoms with Crippen LogP contribution in [0, 0.1) is 5.92 Å². The topological polar surface area (TPSA) is 113 Å². The van der Waals surface area contributed by atoms with Crippen LogP contribution in [0.3, 0.4) is 0 Å². The molecule has 1 fully saturated rings. The number of hydrogen-bond acceptors (Lipinski definition) is 7. The molecule has 3 N–H and O–H groups in total. The van der Waals surface area contributed by atoms with Crippen LogP contribution in [0.25, 0.3) is 0 Å². The number of nitrogens with one attached hydrogen (secondary N) is 3. The highest BCUT2D eigenvalue weighted by Gasteiger charge is 2.25. The Hall–Kier alpha value is -1.26. The fourth-order valence-electron chi connectivity index (χ4n) is 2.05. The first-order chi connectivity index (χ1) is 9.33. The van der Waals surface area contributed by atoms with Crippen molar-refractivity contribution in [3.63, 3.8) is 0 Å². The Morgan fingerprint density at radius 2 is 2.10 bits per heavy atom. The number of carbonyl (C=O) groups is 1. The number of anilines is 2. The number of carbonyl (C=O) groups excluding carboxylic acids is 1. The van der Waals surface area contributed by atoms with Crippen LogP contribution in [-0.2, 0) is 14.8 Å². The minimum atomic E-state index is -3.38. The second-order valence-electron chi connectivity index (χ2n) is 4.85. The second kappa shape index (κ2) is 6.02. The number of aromatic nitrogens is 2. The van der Waals surface area contributed by atoms with Crippen LogP contribution in [0.15, 0.2) is 0 Å². The van der Waals surface area contributed by atoms with E-state index in [9.17, 15) is 13.2 Å². The summed E-state index contributed by atoms with van der Waals surface area (Å²) in [4.78, 5) is 12.1. The molecule has 0 aliphatic carbocycles. The monoisotopic (exact) mass is 319 g/mol. The van der Waals surface area contributed by atoms with Crippen molar-refractivity contribution in [2.45, 2.75) is 25.8 Å². The zero-order chi connectivity index (χ0) is 14.8. The zero-order valence-corrected chi connectivity index (χ0v) is 12.8. The molecule has 0 unspecified atom stereocenters. The minimum absolute atomic E-state index is 0.0542. The molecule has 2 heterocycles. The Labute approximate surface area is 121 Å². The normalized spacial score (nSPS) is 23.3. The van der Waals surface area contributed by atoms with Crippen LogP contribution >= 0.6 is 11.3 Å². The van der Waals surface area contributed by atoms with Crippen molar-refractivity contribution in [3.05, 3.63) is 0 Å². The third-order valence-corrected chi connectivity index (χ3v) is 4.37. The van der Waals surface area contributed by atoms with Crippen molar-refractivity contribution in [3.8, 4) is 0 Å². The van der Waals surface area contributed by atoms with E-state index in [1.165, 1.54) is 0 Å². The molecule has 0 radical (unpaired) electrons. The first-order valence-electron chi connectivity index (χ1n) is 6.19. The lowest BCUT2D eigenvalue weighted by Gasteiger charge is -2.26. The molecule has 1 aromatic heterocycles. The van der Waals surface area contributed by atoms with Gasteiger partial charge in [0.15, 0.2) is 0 Å². The van der Waals surface area contributed by atoms with E-state index in [1.54, 1.807) is 0 Å². The smallest absolute Gasteiger partial charge is 0.231 e. The molecular weight excluding hydrogens is 302 g/mol. The SMILES string of the molecule is C[C@H]1C[C@@H](C(=O)Nc2nnc(NS(C)(=O)=O)s2)CCN1. The summed E-state index contributed by atoms with van der Waals surface area (Å²) >= 11 is 0.993. The van der Waals surface area contributed by atoms with Gasteiger partial charge in [-0.1, -0.05) is 11.3 Å². The predicted octanol–water partition coefficient (Wildman–Crippen LogP) is 0.236. The number of amides is 1. The molecule has 2 rings (SSSR count). The molecule has 1 amide bonds. The Morgan fingerprint density at radius 1 is 1.40 bits per heavy atom. The number of sulfonamides is 1. The third-order valence-electron chi connectivity index (χ3n) is 2.92. The quantitative estimate of drug-likeness (QED) is 0.732. The largest absolute Gasteiger partial charge is 0.314 e. The van der Waals surface area contributed by atoms with Gasteiger partial charge in [0.1, 0.15) is 0 Å². The van der Waals surface area contributed by atoms with Gasteiger partial charge in [0.25, 0.3) is 0 Å². The summed E-state index contributed by atoms with van der Waals surface area (Å²) in [7, 11) is -3.38. The molecule has 8 nitrogen and oxygen atoms in total. The molecule has 0 bridgehead atoms. The van der Waals surface area contributed by atoms with Crippen molar-refractivity contribution in [1.82, 2.24) is 15.5 Å². The van der Waals surface area contributed by atoms with Gasteiger partial charge in [-0.3, -0.25) is 9.52 Å². The van der Waals surface area contributed by atoms with Crippen LogP contribution in [0.5, 0.6) is 0 Å². The molecule has 0 saturated carbocycles. The average Bonchev–Trinajstić information content (AvgIpc) is 2.74. The molecule has 0 aromatic carbocycles. The molecule has 1 saturated heterocycles. The summed E-state index contributed by atoms with van der Waals surface area (Å²) in [5.74, 6) is -0.151. The van der Waals surface area contributed by atoms with Gasteiger partial charge in [-0.15, -0.1) is 10.2 Å². The maximum atomic E-state index is 12.1. The zero-order valence-electron chi connectivity index (χ0n) is 11.2. The molecule has 2 atom stereocenters. The highest BCUT2D eigenvalue weighted by atomic mass is 32.2. The number of piperidine rings is 1. The van der Waals surface area contributed by atoms with E-state index in [-0.39, 0.29) is 17.0 Å². The fraction of sp³-hybridized carbons (Fsp3) is 0.700. The van der Waals surface area contributed by atoms with Crippen LogP contribution in [0.1, 0.15) is 19.8 Å². The Bertz CT molecular complexity index is 585. The van der Waals surface area contributed by atoms with Gasteiger partial charge in [-0.25, -0.2) is 8.42 Å². The molecule has 20 heavy (non-hydrogen) atoms. The number of nitrogens with zero attached hydrogens (tertiary/aromatic N) is 2. The van der Waals surface area contributed by atoms with Crippen molar-refractivity contribution < 1.29 is 13.2 Å². The summed E-state index contributed by atoms with van der Waals surface area (Å²) in [5, 5.41) is 13.8. The van der Waals surface area contributed by atoms with Gasteiger partial charge in [0.2, 0.25) is 26.2 Å². The summed E-state index contributed by atoms with van der Waals surface area (Å²) in [6.45, 7) is 2.86. The van der Waals surface area contributed by atoms with Crippen LogP contribution in [-0.4, -0.2) is 43.4 Å². The van der Waals surface area contributed by atoms with E-state index in [4.69, 9.17) is 0 Å². The Balaban J connectivity index is 1.94.